The number of benzene rings is 1. The van der Waals surface area contributed by atoms with Gasteiger partial charge in [0.1, 0.15) is 5.82 Å². The number of thioether (sulfide) groups is 1. The molecule has 0 unspecified atom stereocenters. The van der Waals surface area contributed by atoms with Crippen molar-refractivity contribution in [1.29, 1.82) is 0 Å². The van der Waals surface area contributed by atoms with Crippen molar-refractivity contribution in [2.45, 2.75) is 23.9 Å². The van der Waals surface area contributed by atoms with Crippen LogP contribution < -0.4 is 0 Å². The lowest BCUT2D eigenvalue weighted by Gasteiger charge is -2.03. The van der Waals surface area contributed by atoms with Gasteiger partial charge in [0.05, 0.1) is 0 Å². The second-order valence-electron chi connectivity index (χ2n) is 3.86. The van der Waals surface area contributed by atoms with Crippen molar-refractivity contribution in [2.75, 3.05) is 0 Å². The normalized spacial score (nSPS) is 18.8. The molecule has 0 radical (unpaired) electrons. The quantitative estimate of drug-likeness (QED) is 0.761. The molecule has 82 valence electrons. The Bertz CT molecular complexity index is 538. The van der Waals surface area contributed by atoms with Gasteiger partial charge in [-0.25, -0.2) is 4.39 Å². The van der Waals surface area contributed by atoms with E-state index in [1.54, 1.807) is 17.8 Å². The van der Waals surface area contributed by atoms with Crippen LogP contribution in [0.2, 0.25) is 0 Å². The zero-order valence-corrected chi connectivity index (χ0v) is 9.54. The van der Waals surface area contributed by atoms with Crippen LogP contribution in [0.5, 0.6) is 0 Å². The lowest BCUT2D eigenvalue weighted by atomic mass is 10.2. The molecule has 1 aromatic heterocycles. The van der Waals surface area contributed by atoms with Crippen LogP contribution in [0, 0.1) is 5.82 Å². The second kappa shape index (κ2) is 3.59. The average molecular weight is 235 g/mol. The lowest BCUT2D eigenvalue weighted by Crippen LogP contribution is -2.02. The molecule has 16 heavy (non-hydrogen) atoms. The van der Waals surface area contributed by atoms with E-state index in [2.05, 4.69) is 17.1 Å². The summed E-state index contributed by atoms with van der Waals surface area (Å²) in [5.74, 6) is 0.514. The van der Waals surface area contributed by atoms with Crippen molar-refractivity contribution in [2.24, 2.45) is 0 Å². The molecule has 0 saturated heterocycles. The van der Waals surface area contributed by atoms with Gasteiger partial charge in [-0.2, -0.15) is 0 Å². The Labute approximate surface area is 96.7 Å². The fourth-order valence-electron chi connectivity index (χ4n) is 1.86. The highest BCUT2D eigenvalue weighted by Crippen LogP contribution is 2.33. The zero-order chi connectivity index (χ0) is 11.1. The minimum absolute atomic E-state index is 0.242. The third kappa shape index (κ3) is 1.51. The van der Waals surface area contributed by atoms with Gasteiger partial charge in [-0.3, -0.25) is 0 Å². The van der Waals surface area contributed by atoms with E-state index < -0.39 is 0 Å². The smallest absolute Gasteiger partial charge is 0.191 e. The van der Waals surface area contributed by atoms with Gasteiger partial charge < -0.3 is 4.57 Å². The number of aromatic nitrogens is 3. The minimum atomic E-state index is -0.242. The van der Waals surface area contributed by atoms with E-state index in [1.165, 1.54) is 12.1 Å². The van der Waals surface area contributed by atoms with Gasteiger partial charge in [0.2, 0.25) is 0 Å². The molecule has 2 aromatic rings. The van der Waals surface area contributed by atoms with Gasteiger partial charge in [0, 0.05) is 17.4 Å². The fraction of sp³-hybridized carbons (Fsp3) is 0.273. The molecule has 0 amide bonds. The van der Waals surface area contributed by atoms with E-state index in [1.807, 2.05) is 10.6 Å². The molecule has 5 heteroatoms. The van der Waals surface area contributed by atoms with Crippen LogP contribution in [0.1, 0.15) is 6.92 Å². The van der Waals surface area contributed by atoms with Gasteiger partial charge in [-0.1, -0.05) is 30.8 Å². The van der Waals surface area contributed by atoms with E-state index in [4.69, 9.17) is 0 Å². The van der Waals surface area contributed by atoms with Gasteiger partial charge in [-0.15, -0.1) is 10.2 Å². The summed E-state index contributed by atoms with van der Waals surface area (Å²) >= 11 is 1.71. The van der Waals surface area contributed by atoms with E-state index >= 15 is 0 Å². The summed E-state index contributed by atoms with van der Waals surface area (Å²) in [4.78, 5) is 0. The Morgan fingerprint density at radius 1 is 1.44 bits per heavy atom. The Hall–Kier alpha value is -1.36. The van der Waals surface area contributed by atoms with Crippen LogP contribution >= 0.6 is 11.8 Å². The van der Waals surface area contributed by atoms with Crippen LogP contribution in [0.25, 0.3) is 11.4 Å². The third-order valence-electron chi connectivity index (χ3n) is 2.55. The Morgan fingerprint density at radius 2 is 2.31 bits per heavy atom. The summed E-state index contributed by atoms with van der Waals surface area (Å²) in [6.45, 7) is 3.04. The lowest BCUT2D eigenvalue weighted by molar-refractivity contribution is 0.627. The van der Waals surface area contributed by atoms with Crippen molar-refractivity contribution >= 4 is 11.8 Å². The largest absolute Gasteiger partial charge is 0.301 e. The SMILES string of the molecule is C[C@H]1Cn2c(nnc2-c2cccc(F)c2)S1. The highest BCUT2D eigenvalue weighted by molar-refractivity contribution is 7.99. The third-order valence-corrected chi connectivity index (χ3v) is 3.61. The molecule has 1 aliphatic rings. The zero-order valence-electron chi connectivity index (χ0n) is 8.72. The first-order valence-corrected chi connectivity index (χ1v) is 5.98. The first-order valence-electron chi connectivity index (χ1n) is 5.10. The molecule has 0 saturated carbocycles. The molecule has 2 heterocycles. The van der Waals surface area contributed by atoms with Crippen LogP contribution in [0.4, 0.5) is 4.39 Å². The molecule has 3 rings (SSSR count). The maximum Gasteiger partial charge on any atom is 0.191 e. The summed E-state index contributed by atoms with van der Waals surface area (Å²) < 4.78 is 15.2. The van der Waals surface area contributed by atoms with Gasteiger partial charge in [0.15, 0.2) is 11.0 Å². The van der Waals surface area contributed by atoms with Gasteiger partial charge >= 0.3 is 0 Å². The highest BCUT2D eigenvalue weighted by atomic mass is 32.2. The molecule has 0 bridgehead atoms. The summed E-state index contributed by atoms with van der Waals surface area (Å²) in [5, 5.41) is 9.65. The van der Waals surface area contributed by atoms with Crippen molar-refractivity contribution in [1.82, 2.24) is 14.8 Å². The Morgan fingerprint density at radius 3 is 3.12 bits per heavy atom. The maximum absolute atomic E-state index is 13.1. The first-order chi connectivity index (χ1) is 7.74. The van der Waals surface area contributed by atoms with Crippen molar-refractivity contribution in [3.8, 4) is 11.4 Å². The molecule has 1 aliphatic heterocycles. The molecule has 1 aromatic carbocycles. The summed E-state index contributed by atoms with van der Waals surface area (Å²) in [5.41, 5.74) is 0.786. The van der Waals surface area contributed by atoms with Gasteiger partial charge in [0.25, 0.3) is 0 Å². The molecule has 0 fully saturated rings. The Balaban J connectivity index is 2.08. The fourth-order valence-corrected chi connectivity index (χ4v) is 2.82. The predicted molar refractivity (Wildman–Crippen MR) is 60.7 cm³/mol. The van der Waals surface area contributed by atoms with E-state index in [9.17, 15) is 4.39 Å². The Kier molecular flexibility index (Phi) is 2.21. The molecule has 0 spiro atoms. The predicted octanol–water partition coefficient (Wildman–Crippen LogP) is 2.58. The molecule has 1 atom stereocenters. The van der Waals surface area contributed by atoms with E-state index in [0.717, 1.165) is 23.1 Å². The van der Waals surface area contributed by atoms with Crippen LogP contribution in [-0.4, -0.2) is 20.0 Å². The van der Waals surface area contributed by atoms with Crippen molar-refractivity contribution < 1.29 is 4.39 Å². The summed E-state index contributed by atoms with van der Waals surface area (Å²) in [6, 6.07) is 6.47. The maximum atomic E-state index is 13.1. The molecule has 0 N–H and O–H groups in total. The number of halogens is 1. The van der Waals surface area contributed by atoms with Crippen molar-refractivity contribution in [3.63, 3.8) is 0 Å². The van der Waals surface area contributed by atoms with Crippen LogP contribution in [0.15, 0.2) is 29.4 Å². The standard InChI is InChI=1S/C11H10FN3S/c1-7-6-15-10(13-14-11(15)16-7)8-3-2-4-9(12)5-8/h2-5,7H,6H2,1H3/t7-/m0/s1. The summed E-state index contributed by atoms with van der Waals surface area (Å²) in [7, 11) is 0. The number of rotatable bonds is 1. The number of nitrogens with zero attached hydrogens (tertiary/aromatic N) is 3. The second-order valence-corrected chi connectivity index (χ2v) is 5.26. The summed E-state index contributed by atoms with van der Waals surface area (Å²) in [6.07, 6.45) is 0. The van der Waals surface area contributed by atoms with E-state index in [0.29, 0.717) is 5.25 Å². The monoisotopic (exact) mass is 235 g/mol. The molecule has 0 aliphatic carbocycles. The van der Waals surface area contributed by atoms with Crippen LogP contribution in [-0.2, 0) is 6.54 Å². The van der Waals surface area contributed by atoms with Crippen molar-refractivity contribution in [3.05, 3.63) is 30.1 Å². The molecule has 3 nitrogen and oxygen atoms in total. The number of hydrogen-bond donors (Lipinski definition) is 0. The van der Waals surface area contributed by atoms with E-state index in [-0.39, 0.29) is 5.82 Å². The van der Waals surface area contributed by atoms with Crippen LogP contribution in [0.3, 0.4) is 0 Å². The topological polar surface area (TPSA) is 30.7 Å². The minimum Gasteiger partial charge on any atom is -0.301 e. The number of hydrogen-bond acceptors (Lipinski definition) is 3. The first kappa shape index (κ1) is 9.84. The molecular formula is C11H10FN3S. The highest BCUT2D eigenvalue weighted by Gasteiger charge is 2.24. The van der Waals surface area contributed by atoms with Gasteiger partial charge in [-0.05, 0) is 12.1 Å². The molecular weight excluding hydrogens is 225 g/mol. The average Bonchev–Trinajstić information content (AvgIpc) is 2.76. The number of fused-ring (bicyclic) bond motifs is 1.